The van der Waals surface area contributed by atoms with E-state index >= 15 is 0 Å². The molecule has 1 amide bonds. The molecule has 0 N–H and O–H groups in total. The van der Waals surface area contributed by atoms with E-state index in [0.29, 0.717) is 18.5 Å². The number of rotatable bonds is 5. The molecule has 8 nitrogen and oxygen atoms in total. The predicted octanol–water partition coefficient (Wildman–Crippen LogP) is 2.02. The van der Waals surface area contributed by atoms with E-state index in [1.54, 1.807) is 6.20 Å². The number of esters is 1. The average Bonchev–Trinajstić information content (AvgIpc) is 2.58. The third-order valence-corrected chi connectivity index (χ3v) is 4.98. The Morgan fingerprint density at radius 2 is 2.12 bits per heavy atom. The molecule has 0 bridgehead atoms. The molecule has 1 fully saturated rings. The fourth-order valence-electron chi connectivity index (χ4n) is 2.40. The van der Waals surface area contributed by atoms with Crippen LogP contribution in [0.4, 0.5) is 5.69 Å². The minimum absolute atomic E-state index is 0.0138. The molecule has 0 saturated carbocycles. The van der Waals surface area contributed by atoms with E-state index in [-0.39, 0.29) is 29.3 Å². The van der Waals surface area contributed by atoms with E-state index in [9.17, 15) is 19.7 Å². The van der Waals surface area contributed by atoms with Gasteiger partial charge in [-0.05, 0) is 36.6 Å². The molecule has 2 aliphatic heterocycles. The molecule has 0 unspecified atom stereocenters. The van der Waals surface area contributed by atoms with Crippen molar-refractivity contribution in [1.29, 1.82) is 0 Å². The van der Waals surface area contributed by atoms with Crippen LogP contribution in [0.25, 0.3) is 0 Å². The molecule has 2 heterocycles. The second-order valence-electron chi connectivity index (χ2n) is 5.28. The maximum atomic E-state index is 12.3. The second-order valence-corrected chi connectivity index (χ2v) is 6.50. The molecule has 24 heavy (non-hydrogen) atoms. The number of non-ortho nitro benzene ring substituents is 1. The van der Waals surface area contributed by atoms with Gasteiger partial charge >= 0.3 is 5.97 Å². The van der Waals surface area contributed by atoms with E-state index in [1.165, 1.54) is 41.1 Å². The van der Waals surface area contributed by atoms with Gasteiger partial charge in [0.25, 0.3) is 5.69 Å². The third kappa shape index (κ3) is 3.07. The van der Waals surface area contributed by atoms with Crippen molar-refractivity contribution in [3.63, 3.8) is 0 Å². The SMILES string of the molecule is CCN1C=C(C(=O)OCc2ccc([N+](=O)[O-])cc2)N2C(=O)C[C@@H]2S1. The Balaban J connectivity index is 1.66. The number of fused-ring (bicyclic) bond motifs is 1. The smallest absolute Gasteiger partial charge is 0.356 e. The van der Waals surface area contributed by atoms with Crippen molar-refractivity contribution in [2.45, 2.75) is 25.3 Å². The van der Waals surface area contributed by atoms with Crippen molar-refractivity contribution in [2.75, 3.05) is 6.54 Å². The Kier molecular flexibility index (Phi) is 4.43. The van der Waals surface area contributed by atoms with Crippen LogP contribution in [0.15, 0.2) is 36.2 Å². The van der Waals surface area contributed by atoms with Crippen molar-refractivity contribution in [3.8, 4) is 0 Å². The van der Waals surface area contributed by atoms with Crippen LogP contribution in [0.5, 0.6) is 0 Å². The van der Waals surface area contributed by atoms with Gasteiger partial charge in [-0.3, -0.25) is 19.8 Å². The van der Waals surface area contributed by atoms with Crippen LogP contribution >= 0.6 is 11.9 Å². The lowest BCUT2D eigenvalue weighted by molar-refractivity contribution is -0.384. The van der Waals surface area contributed by atoms with E-state index < -0.39 is 10.9 Å². The highest BCUT2D eigenvalue weighted by molar-refractivity contribution is 7.97. The predicted molar refractivity (Wildman–Crippen MR) is 86.2 cm³/mol. The number of nitro benzene ring substituents is 1. The number of amides is 1. The van der Waals surface area contributed by atoms with Gasteiger partial charge in [0.2, 0.25) is 5.91 Å². The largest absolute Gasteiger partial charge is 0.456 e. The second kappa shape index (κ2) is 6.52. The van der Waals surface area contributed by atoms with Crippen molar-refractivity contribution < 1.29 is 19.2 Å². The van der Waals surface area contributed by atoms with Crippen molar-refractivity contribution in [2.24, 2.45) is 0 Å². The first kappa shape index (κ1) is 16.3. The molecule has 126 valence electrons. The third-order valence-electron chi connectivity index (χ3n) is 3.73. The lowest BCUT2D eigenvalue weighted by Crippen LogP contribution is -2.54. The summed E-state index contributed by atoms with van der Waals surface area (Å²) in [4.78, 5) is 35.6. The van der Waals surface area contributed by atoms with Crippen LogP contribution in [0.2, 0.25) is 0 Å². The number of ether oxygens (including phenoxy) is 1. The van der Waals surface area contributed by atoms with Crippen LogP contribution in [-0.4, -0.2) is 37.9 Å². The highest BCUT2D eigenvalue weighted by atomic mass is 32.2. The average molecular weight is 349 g/mol. The summed E-state index contributed by atoms with van der Waals surface area (Å²) >= 11 is 1.52. The number of nitrogens with zero attached hydrogens (tertiary/aromatic N) is 3. The Hall–Kier alpha value is -2.55. The molecular formula is C15H15N3O5S. The maximum Gasteiger partial charge on any atom is 0.356 e. The van der Waals surface area contributed by atoms with Gasteiger partial charge in [0, 0.05) is 24.9 Å². The summed E-state index contributed by atoms with van der Waals surface area (Å²) in [5.74, 6) is -0.674. The molecule has 2 aliphatic rings. The van der Waals surface area contributed by atoms with E-state index in [4.69, 9.17) is 4.74 Å². The molecule has 0 radical (unpaired) electrons. The van der Waals surface area contributed by atoms with Crippen LogP contribution in [-0.2, 0) is 20.9 Å². The zero-order chi connectivity index (χ0) is 17.3. The van der Waals surface area contributed by atoms with Gasteiger partial charge in [-0.25, -0.2) is 4.79 Å². The van der Waals surface area contributed by atoms with Crippen LogP contribution in [0.3, 0.4) is 0 Å². The van der Waals surface area contributed by atoms with Crippen molar-refractivity contribution in [1.82, 2.24) is 9.21 Å². The fourth-order valence-corrected chi connectivity index (χ4v) is 3.56. The van der Waals surface area contributed by atoms with Gasteiger partial charge < -0.3 is 9.04 Å². The molecule has 1 atom stereocenters. The summed E-state index contributed by atoms with van der Waals surface area (Å²) in [5.41, 5.74) is 0.849. The lowest BCUT2D eigenvalue weighted by atomic mass is 10.1. The van der Waals surface area contributed by atoms with E-state index in [0.717, 1.165) is 0 Å². The molecular weight excluding hydrogens is 334 g/mol. The minimum Gasteiger partial charge on any atom is -0.456 e. The number of benzene rings is 1. The number of carbonyl (C=O) groups excluding carboxylic acids is 2. The Morgan fingerprint density at radius 1 is 1.42 bits per heavy atom. The van der Waals surface area contributed by atoms with Gasteiger partial charge in [0.1, 0.15) is 17.7 Å². The van der Waals surface area contributed by atoms with E-state index in [1.807, 2.05) is 11.2 Å². The number of β-lactam (4-membered cyclic amide) rings is 1. The molecule has 1 aromatic carbocycles. The number of carbonyl (C=O) groups is 2. The van der Waals surface area contributed by atoms with Gasteiger partial charge in [-0.1, -0.05) is 0 Å². The summed E-state index contributed by atoms with van der Waals surface area (Å²) in [6.45, 7) is 2.65. The number of hydrogen-bond acceptors (Lipinski definition) is 7. The van der Waals surface area contributed by atoms with Crippen molar-refractivity contribution in [3.05, 3.63) is 51.8 Å². The zero-order valence-corrected chi connectivity index (χ0v) is 13.7. The molecule has 9 heteroatoms. The first-order valence-corrected chi connectivity index (χ1v) is 8.21. The molecule has 0 aromatic heterocycles. The van der Waals surface area contributed by atoms with Crippen molar-refractivity contribution >= 4 is 29.5 Å². The first-order valence-electron chi connectivity index (χ1n) is 7.37. The standard InChI is InChI=1S/C15H15N3O5S/c1-2-16-8-12(17-13(19)7-14(17)24-16)15(20)23-9-10-3-5-11(6-4-10)18(21)22/h3-6,8,14H,2,7,9H2,1H3/t14-/m0/s1. The number of nitro groups is 1. The lowest BCUT2D eigenvalue weighted by Gasteiger charge is -2.45. The van der Waals surface area contributed by atoms with Gasteiger partial charge in [0.15, 0.2) is 0 Å². The van der Waals surface area contributed by atoms with Crippen LogP contribution in [0, 0.1) is 10.1 Å². The maximum absolute atomic E-state index is 12.3. The quantitative estimate of drug-likeness (QED) is 0.264. The Labute approximate surface area is 142 Å². The topological polar surface area (TPSA) is 93.0 Å². The number of hydrogen-bond donors (Lipinski definition) is 0. The van der Waals surface area contributed by atoms with Crippen LogP contribution < -0.4 is 0 Å². The molecule has 1 saturated heterocycles. The van der Waals surface area contributed by atoms with Gasteiger partial charge in [-0.15, -0.1) is 0 Å². The fraction of sp³-hybridized carbons (Fsp3) is 0.333. The molecule has 3 rings (SSSR count). The Bertz CT molecular complexity index is 718. The summed E-state index contributed by atoms with van der Waals surface area (Å²) < 4.78 is 7.15. The van der Waals surface area contributed by atoms with E-state index in [2.05, 4.69) is 0 Å². The highest BCUT2D eigenvalue weighted by Gasteiger charge is 2.45. The Morgan fingerprint density at radius 3 is 2.71 bits per heavy atom. The summed E-state index contributed by atoms with van der Waals surface area (Å²) in [6.07, 6.45) is 2.03. The summed E-state index contributed by atoms with van der Waals surface area (Å²) in [6, 6.07) is 5.78. The minimum atomic E-state index is -0.579. The molecule has 0 spiro atoms. The summed E-state index contributed by atoms with van der Waals surface area (Å²) in [5, 5.41) is 10.6. The summed E-state index contributed by atoms with van der Waals surface area (Å²) in [7, 11) is 0. The van der Waals surface area contributed by atoms with Gasteiger partial charge in [-0.2, -0.15) is 0 Å². The van der Waals surface area contributed by atoms with Gasteiger partial charge in [0.05, 0.1) is 11.3 Å². The molecule has 1 aromatic rings. The highest BCUT2D eigenvalue weighted by Crippen LogP contribution is 2.39. The zero-order valence-electron chi connectivity index (χ0n) is 12.9. The van der Waals surface area contributed by atoms with Crippen LogP contribution in [0.1, 0.15) is 18.9 Å². The first-order chi connectivity index (χ1) is 11.5. The molecule has 0 aliphatic carbocycles. The monoisotopic (exact) mass is 349 g/mol. The normalized spacial score (nSPS) is 19.3.